The Morgan fingerprint density at radius 1 is 1.25 bits per heavy atom. The molecule has 0 saturated carbocycles. The Balaban J connectivity index is 1.45. The molecule has 10 heteroatoms. The fraction of sp³-hybridized carbons (Fsp3) is 0.364. The van der Waals surface area contributed by atoms with E-state index in [0.29, 0.717) is 18.1 Å². The van der Waals surface area contributed by atoms with Crippen LogP contribution in [0.4, 0.5) is 5.69 Å². The Kier molecular flexibility index (Phi) is 6.83. The number of benzene rings is 2. The smallest absolute Gasteiger partial charge is 0.243 e. The number of thiazole rings is 1. The van der Waals surface area contributed by atoms with E-state index in [1.165, 1.54) is 22.5 Å². The number of nitrogens with zero attached hydrogens (tertiary/aromatic N) is 3. The summed E-state index contributed by atoms with van der Waals surface area (Å²) in [4.78, 5) is 19.4. The number of likely N-dealkylation sites (N-methyl/N-ethyl adjacent to an activating group) is 1. The van der Waals surface area contributed by atoms with Crippen molar-refractivity contribution >= 4 is 54.8 Å². The summed E-state index contributed by atoms with van der Waals surface area (Å²) in [5.41, 5.74) is 1.23. The number of halogens is 1. The molecule has 2 aromatic carbocycles. The molecule has 7 nitrogen and oxygen atoms in total. The van der Waals surface area contributed by atoms with Crippen LogP contribution in [0.25, 0.3) is 10.2 Å². The van der Waals surface area contributed by atoms with Gasteiger partial charge in [-0.2, -0.15) is 4.31 Å². The molecule has 4 rings (SSSR count). The van der Waals surface area contributed by atoms with Crippen LogP contribution in [0.15, 0.2) is 47.4 Å². The normalized spacial score (nSPS) is 16.0. The van der Waals surface area contributed by atoms with E-state index in [2.05, 4.69) is 10.3 Å². The van der Waals surface area contributed by atoms with Gasteiger partial charge in [0.25, 0.3) is 0 Å². The molecule has 3 aromatic rings. The van der Waals surface area contributed by atoms with Gasteiger partial charge in [0.2, 0.25) is 15.9 Å². The van der Waals surface area contributed by atoms with E-state index in [4.69, 9.17) is 11.6 Å². The number of aromatic nitrogens is 1. The molecular formula is C22H25ClN4O3S2. The van der Waals surface area contributed by atoms with Crippen molar-refractivity contribution < 1.29 is 13.2 Å². The lowest BCUT2D eigenvalue weighted by atomic mass is 10.3. The molecule has 1 aliphatic rings. The number of anilines is 1. The topological polar surface area (TPSA) is 82.6 Å². The lowest BCUT2D eigenvalue weighted by Crippen LogP contribution is -2.32. The Labute approximate surface area is 197 Å². The lowest BCUT2D eigenvalue weighted by Gasteiger charge is -2.22. The molecule has 1 N–H and O–H groups in total. The fourth-order valence-corrected chi connectivity index (χ4v) is 6.44. The number of fused-ring (bicyclic) bond motifs is 1. The van der Waals surface area contributed by atoms with Crippen LogP contribution in [-0.2, 0) is 14.8 Å². The Hall–Kier alpha value is -2.04. The molecule has 1 fully saturated rings. The minimum Gasteiger partial charge on any atom is -0.324 e. The van der Waals surface area contributed by atoms with Gasteiger partial charge in [0.15, 0.2) is 0 Å². The zero-order valence-electron chi connectivity index (χ0n) is 17.9. The highest BCUT2D eigenvalue weighted by Gasteiger charge is 2.28. The average molecular weight is 493 g/mol. The molecule has 0 aliphatic carbocycles. The summed E-state index contributed by atoms with van der Waals surface area (Å²) in [6, 6.07) is 12.3. The first kappa shape index (κ1) is 23.1. The molecule has 2 heterocycles. The minimum atomic E-state index is -3.59. The molecule has 1 saturated heterocycles. The second kappa shape index (κ2) is 9.44. The highest BCUT2D eigenvalue weighted by atomic mass is 35.5. The molecule has 1 aromatic heterocycles. The molecule has 0 bridgehead atoms. The van der Waals surface area contributed by atoms with Crippen molar-refractivity contribution in [2.24, 2.45) is 0 Å². The first-order valence-corrected chi connectivity index (χ1v) is 13.0. The van der Waals surface area contributed by atoms with Crippen LogP contribution in [0.2, 0.25) is 5.02 Å². The van der Waals surface area contributed by atoms with Crippen LogP contribution in [0.1, 0.15) is 30.8 Å². The van der Waals surface area contributed by atoms with Crippen molar-refractivity contribution in [1.29, 1.82) is 0 Å². The van der Waals surface area contributed by atoms with Crippen LogP contribution >= 0.6 is 22.9 Å². The van der Waals surface area contributed by atoms with E-state index in [1.807, 2.05) is 43.1 Å². The first-order chi connectivity index (χ1) is 15.3. The minimum absolute atomic E-state index is 0.0597. The monoisotopic (exact) mass is 492 g/mol. The molecule has 0 spiro atoms. The third-order valence-electron chi connectivity index (χ3n) is 5.64. The summed E-state index contributed by atoms with van der Waals surface area (Å²) in [6.45, 7) is 3.14. The number of hydrogen-bond acceptors (Lipinski definition) is 6. The van der Waals surface area contributed by atoms with E-state index in [9.17, 15) is 13.2 Å². The number of rotatable bonds is 7. The summed E-state index contributed by atoms with van der Waals surface area (Å²) >= 11 is 7.85. The number of amides is 1. The molecule has 32 heavy (non-hydrogen) atoms. The highest BCUT2D eigenvalue weighted by Crippen LogP contribution is 2.30. The van der Waals surface area contributed by atoms with Crippen LogP contribution in [0, 0.1) is 0 Å². The van der Waals surface area contributed by atoms with E-state index < -0.39 is 10.0 Å². The average Bonchev–Trinajstić information content (AvgIpc) is 3.45. The zero-order chi connectivity index (χ0) is 22.9. The molecule has 0 radical (unpaired) electrons. The predicted octanol–water partition coefficient (Wildman–Crippen LogP) is 4.37. The second-order valence-electron chi connectivity index (χ2n) is 7.91. The number of carbonyl (C=O) groups excluding carboxylic acids is 1. The lowest BCUT2D eigenvalue weighted by molar-refractivity contribution is -0.117. The molecule has 1 aliphatic heterocycles. The first-order valence-electron chi connectivity index (χ1n) is 10.4. The van der Waals surface area contributed by atoms with E-state index in [1.54, 1.807) is 11.3 Å². The number of carbonyl (C=O) groups is 1. The van der Waals surface area contributed by atoms with Gasteiger partial charge in [-0.05, 0) is 57.1 Å². The van der Waals surface area contributed by atoms with Crippen LogP contribution < -0.4 is 5.32 Å². The Morgan fingerprint density at radius 2 is 1.97 bits per heavy atom. The summed E-state index contributed by atoms with van der Waals surface area (Å²) in [6.07, 6.45) is 1.71. The fourth-order valence-electron chi connectivity index (χ4n) is 3.65. The van der Waals surface area contributed by atoms with E-state index in [-0.39, 0.29) is 29.1 Å². The molecular weight excluding hydrogens is 468 g/mol. The SMILES string of the molecule is C[C@@H](c1nc2ccccc2s1)N(C)CC(=O)Nc1cc(S(=O)(=O)N2CCCC2)ccc1Cl. The third kappa shape index (κ3) is 4.82. The van der Waals surface area contributed by atoms with Gasteiger partial charge in [0, 0.05) is 13.1 Å². The highest BCUT2D eigenvalue weighted by molar-refractivity contribution is 7.89. The number of para-hydroxylation sites is 1. The van der Waals surface area contributed by atoms with Crippen molar-refractivity contribution in [3.8, 4) is 0 Å². The second-order valence-corrected chi connectivity index (χ2v) is 11.3. The molecule has 0 unspecified atom stereocenters. The van der Waals surface area contributed by atoms with Crippen molar-refractivity contribution in [3.63, 3.8) is 0 Å². The van der Waals surface area contributed by atoms with Gasteiger partial charge in [-0.3, -0.25) is 9.69 Å². The Bertz CT molecular complexity index is 1210. The standard InChI is InChI=1S/C22H25ClN4O3S2/c1-15(22-25-18-7-3-4-8-20(18)31-22)26(2)14-21(28)24-19-13-16(9-10-17(19)23)32(29,30)27-11-5-6-12-27/h3-4,7-10,13,15H,5-6,11-12,14H2,1-2H3,(H,24,28)/t15-/m0/s1. The van der Waals surface area contributed by atoms with Gasteiger partial charge in [0.05, 0.1) is 38.4 Å². The maximum Gasteiger partial charge on any atom is 0.243 e. The molecule has 1 atom stereocenters. The van der Waals surface area contributed by atoms with Gasteiger partial charge in [-0.25, -0.2) is 13.4 Å². The number of sulfonamides is 1. The number of nitrogens with one attached hydrogen (secondary N) is 1. The van der Waals surface area contributed by atoms with Crippen molar-refractivity contribution in [2.75, 3.05) is 32.0 Å². The quantitative estimate of drug-likeness (QED) is 0.529. The van der Waals surface area contributed by atoms with Gasteiger partial charge >= 0.3 is 0 Å². The number of hydrogen-bond donors (Lipinski definition) is 1. The van der Waals surface area contributed by atoms with Crippen LogP contribution in [-0.4, -0.2) is 55.2 Å². The van der Waals surface area contributed by atoms with Gasteiger partial charge in [-0.15, -0.1) is 11.3 Å². The van der Waals surface area contributed by atoms with Gasteiger partial charge < -0.3 is 5.32 Å². The van der Waals surface area contributed by atoms with Crippen molar-refractivity contribution in [2.45, 2.75) is 30.7 Å². The summed E-state index contributed by atoms with van der Waals surface area (Å²) in [7, 11) is -1.74. The maximum absolute atomic E-state index is 12.8. The van der Waals surface area contributed by atoms with Gasteiger partial charge in [0.1, 0.15) is 5.01 Å². The van der Waals surface area contributed by atoms with Crippen molar-refractivity contribution in [1.82, 2.24) is 14.2 Å². The molecule has 1 amide bonds. The predicted molar refractivity (Wildman–Crippen MR) is 129 cm³/mol. The van der Waals surface area contributed by atoms with Crippen LogP contribution in [0.5, 0.6) is 0 Å². The summed E-state index contributed by atoms with van der Waals surface area (Å²) in [5, 5.41) is 3.99. The summed E-state index contributed by atoms with van der Waals surface area (Å²) in [5.74, 6) is -0.280. The van der Waals surface area contributed by atoms with Crippen molar-refractivity contribution in [3.05, 3.63) is 52.5 Å². The molecule has 170 valence electrons. The van der Waals surface area contributed by atoms with E-state index in [0.717, 1.165) is 28.1 Å². The summed E-state index contributed by atoms with van der Waals surface area (Å²) < 4.78 is 28.2. The van der Waals surface area contributed by atoms with E-state index >= 15 is 0 Å². The zero-order valence-corrected chi connectivity index (χ0v) is 20.3. The largest absolute Gasteiger partial charge is 0.324 e. The van der Waals surface area contributed by atoms with Gasteiger partial charge in [-0.1, -0.05) is 23.7 Å². The third-order valence-corrected chi connectivity index (χ3v) is 9.07. The maximum atomic E-state index is 12.8. The van der Waals surface area contributed by atoms with Crippen LogP contribution in [0.3, 0.4) is 0 Å². The Morgan fingerprint density at radius 3 is 2.69 bits per heavy atom.